The van der Waals surface area contributed by atoms with Crippen LogP contribution in [0.1, 0.15) is 22.3 Å². The van der Waals surface area contributed by atoms with Crippen molar-refractivity contribution in [3.05, 3.63) is 58.7 Å². The van der Waals surface area contributed by atoms with Crippen LogP contribution in [0.25, 0.3) is 0 Å². The molecule has 0 aromatic heterocycles. The van der Waals surface area contributed by atoms with Gasteiger partial charge >= 0.3 is 15.6 Å². The Balaban J connectivity index is 0.000000359. The molecule has 2 aromatic rings. The van der Waals surface area contributed by atoms with E-state index in [1.807, 2.05) is 18.2 Å². The Morgan fingerprint density at radius 1 is 1.08 bits per heavy atom. The number of benzene rings is 2. The highest BCUT2D eigenvalue weighted by Gasteiger charge is 2.44. The number of rotatable bonds is 3. The van der Waals surface area contributed by atoms with E-state index in [0.717, 1.165) is 17.9 Å². The molecule has 0 saturated carbocycles. The first kappa shape index (κ1) is 21.8. The van der Waals surface area contributed by atoms with Crippen LogP contribution in [0.2, 0.25) is 0 Å². The molecule has 0 bridgehead atoms. The lowest BCUT2D eigenvalue weighted by Gasteiger charge is -2.12. The van der Waals surface area contributed by atoms with Crippen molar-refractivity contribution in [2.45, 2.75) is 25.8 Å². The first-order valence-corrected chi connectivity index (χ1v) is 8.82. The van der Waals surface area contributed by atoms with Crippen LogP contribution in [0.3, 0.4) is 0 Å². The predicted molar refractivity (Wildman–Crippen MR) is 93.7 cm³/mol. The number of alkyl halides is 3. The molecular weight excluding hydrogens is 371 g/mol. The minimum atomic E-state index is -5.84. The zero-order valence-electron chi connectivity index (χ0n) is 14.5. The maximum atomic E-state index is 10.7. The van der Waals surface area contributed by atoms with Crippen LogP contribution < -0.4 is 10.5 Å². The summed E-state index contributed by atoms with van der Waals surface area (Å²) in [6.07, 6.45) is 0.864. The molecular formula is C17H20F3NO4S. The van der Waals surface area contributed by atoms with Crippen molar-refractivity contribution in [2.24, 2.45) is 0 Å². The van der Waals surface area contributed by atoms with Gasteiger partial charge in [0.25, 0.3) is 0 Å². The Hall–Kier alpha value is -2.26. The molecule has 0 aliphatic carbocycles. The lowest BCUT2D eigenvalue weighted by atomic mass is 9.95. The number of nitrogen functional groups attached to an aromatic ring is 1. The van der Waals surface area contributed by atoms with E-state index in [0.29, 0.717) is 0 Å². The maximum absolute atomic E-state index is 10.7. The van der Waals surface area contributed by atoms with Gasteiger partial charge in [0.05, 0.1) is 7.11 Å². The minimum absolute atomic E-state index is 0.864. The summed E-state index contributed by atoms with van der Waals surface area (Å²) in [5.74, 6) is 0.882. The van der Waals surface area contributed by atoms with E-state index in [1.165, 1.54) is 22.3 Å². The Bertz CT molecular complexity index is 848. The zero-order chi connectivity index (χ0) is 20.1. The van der Waals surface area contributed by atoms with Crippen molar-refractivity contribution in [1.82, 2.24) is 0 Å². The second kappa shape index (κ2) is 8.41. The highest BCUT2D eigenvalue weighted by molar-refractivity contribution is 7.86. The number of nitrogens with two attached hydrogens (primary N) is 1. The molecule has 0 fully saturated rings. The number of halogens is 3. The summed E-state index contributed by atoms with van der Waals surface area (Å²) in [7, 11) is -4.16. The van der Waals surface area contributed by atoms with Gasteiger partial charge in [-0.25, -0.2) is 0 Å². The molecule has 0 amide bonds. The van der Waals surface area contributed by atoms with E-state index in [1.54, 1.807) is 7.11 Å². The second-order valence-electron chi connectivity index (χ2n) is 5.52. The van der Waals surface area contributed by atoms with E-state index in [4.69, 9.17) is 23.4 Å². The minimum Gasteiger partial charge on any atom is -0.497 e. The summed E-state index contributed by atoms with van der Waals surface area (Å²) in [6.45, 7) is 4.25. The molecule has 3 N–H and O–H groups in total. The van der Waals surface area contributed by atoms with Crippen molar-refractivity contribution >= 4 is 15.8 Å². The molecule has 144 valence electrons. The van der Waals surface area contributed by atoms with Crippen LogP contribution in [-0.2, 0) is 16.5 Å². The molecule has 9 heteroatoms. The third-order valence-electron chi connectivity index (χ3n) is 3.74. The fourth-order valence-corrected chi connectivity index (χ4v) is 2.08. The number of hydrogen-bond acceptors (Lipinski definition) is 4. The Kier molecular flexibility index (Phi) is 7.05. The molecule has 2 rings (SSSR count). The summed E-state index contributed by atoms with van der Waals surface area (Å²) < 4.78 is 62.7. The Morgan fingerprint density at radius 2 is 1.58 bits per heavy atom. The number of hydrogen-bond donors (Lipinski definition) is 2. The molecule has 0 heterocycles. The van der Waals surface area contributed by atoms with Crippen LogP contribution in [0, 0.1) is 13.8 Å². The first-order chi connectivity index (χ1) is 11.9. The molecule has 0 aliphatic heterocycles. The first-order valence-electron chi connectivity index (χ1n) is 7.38. The number of anilines is 1. The molecule has 0 spiro atoms. The van der Waals surface area contributed by atoms with E-state index < -0.39 is 15.6 Å². The van der Waals surface area contributed by atoms with Crippen LogP contribution in [0.4, 0.5) is 18.9 Å². The Morgan fingerprint density at radius 3 is 2.00 bits per heavy atom. The van der Waals surface area contributed by atoms with E-state index in [-0.39, 0.29) is 0 Å². The molecule has 2 aromatic carbocycles. The number of methoxy groups -OCH3 is 1. The van der Waals surface area contributed by atoms with Gasteiger partial charge in [0.1, 0.15) is 5.75 Å². The predicted octanol–water partition coefficient (Wildman–Crippen LogP) is 3.88. The summed E-state index contributed by atoms with van der Waals surface area (Å²) in [5, 5.41) is 0. The monoisotopic (exact) mass is 391 g/mol. The quantitative estimate of drug-likeness (QED) is 0.471. The van der Waals surface area contributed by atoms with Gasteiger partial charge in [-0.05, 0) is 60.7 Å². The van der Waals surface area contributed by atoms with Gasteiger partial charge in [-0.15, -0.1) is 0 Å². The van der Waals surface area contributed by atoms with Gasteiger partial charge in [0.2, 0.25) is 0 Å². The van der Waals surface area contributed by atoms with Gasteiger partial charge in [-0.3, -0.25) is 4.55 Å². The fraction of sp³-hybridized carbons (Fsp3) is 0.294. The highest BCUT2D eigenvalue weighted by Crippen LogP contribution is 2.24. The van der Waals surface area contributed by atoms with Gasteiger partial charge in [-0.2, -0.15) is 21.6 Å². The van der Waals surface area contributed by atoms with Crippen LogP contribution in [0.5, 0.6) is 5.75 Å². The lowest BCUT2D eigenvalue weighted by molar-refractivity contribution is -0.0510. The summed E-state index contributed by atoms with van der Waals surface area (Å²) in [6, 6.07) is 12.2. The third-order valence-corrected chi connectivity index (χ3v) is 4.32. The number of ether oxygens (including phenoxy) is 1. The standard InChI is InChI=1S/C16H19NO.CHF3O3S/c1-11-4-9-16(17)15(12(11)2)10-13-5-7-14(18-3)8-6-13;2-1(3,4)8(5,6)7/h4-9H,10,17H2,1-3H3;(H,5,6,7). The highest BCUT2D eigenvalue weighted by atomic mass is 32.2. The van der Waals surface area contributed by atoms with E-state index in [9.17, 15) is 13.2 Å². The van der Waals surface area contributed by atoms with Gasteiger partial charge in [-0.1, -0.05) is 18.2 Å². The van der Waals surface area contributed by atoms with Crippen molar-refractivity contribution in [1.29, 1.82) is 0 Å². The smallest absolute Gasteiger partial charge is 0.497 e. The van der Waals surface area contributed by atoms with Crippen molar-refractivity contribution < 1.29 is 30.9 Å². The largest absolute Gasteiger partial charge is 0.522 e. The molecule has 26 heavy (non-hydrogen) atoms. The summed E-state index contributed by atoms with van der Waals surface area (Å²) >= 11 is 0. The molecule has 0 aliphatic rings. The average molecular weight is 391 g/mol. The number of aryl methyl sites for hydroxylation is 1. The van der Waals surface area contributed by atoms with Gasteiger partial charge < -0.3 is 10.5 Å². The lowest BCUT2D eigenvalue weighted by Crippen LogP contribution is -2.21. The molecule has 0 unspecified atom stereocenters. The van der Waals surface area contributed by atoms with E-state index in [2.05, 4.69) is 32.0 Å². The SMILES string of the molecule is COc1ccc(Cc2c(N)ccc(C)c2C)cc1.O=S(=O)(O)C(F)(F)F. The summed E-state index contributed by atoms with van der Waals surface area (Å²) in [4.78, 5) is 0. The fourth-order valence-electron chi connectivity index (χ4n) is 2.08. The molecule has 0 saturated heterocycles. The topological polar surface area (TPSA) is 89.6 Å². The normalized spacial score (nSPS) is 11.5. The molecule has 5 nitrogen and oxygen atoms in total. The van der Waals surface area contributed by atoms with Crippen molar-refractivity contribution in [3.8, 4) is 5.75 Å². The second-order valence-corrected chi connectivity index (χ2v) is 6.93. The van der Waals surface area contributed by atoms with E-state index >= 15 is 0 Å². The van der Waals surface area contributed by atoms with Crippen LogP contribution in [-0.4, -0.2) is 25.6 Å². The molecule has 0 atom stereocenters. The van der Waals surface area contributed by atoms with Crippen LogP contribution in [0.15, 0.2) is 36.4 Å². The third kappa shape index (κ3) is 5.92. The van der Waals surface area contributed by atoms with Crippen LogP contribution >= 0.6 is 0 Å². The van der Waals surface area contributed by atoms with Crippen molar-refractivity contribution in [3.63, 3.8) is 0 Å². The molecule has 0 radical (unpaired) electrons. The zero-order valence-corrected chi connectivity index (χ0v) is 15.3. The van der Waals surface area contributed by atoms with Crippen molar-refractivity contribution in [2.75, 3.05) is 12.8 Å². The van der Waals surface area contributed by atoms with Gasteiger partial charge in [0.15, 0.2) is 0 Å². The summed E-state index contributed by atoms with van der Waals surface area (Å²) in [5.41, 5.74) is 6.44. The van der Waals surface area contributed by atoms with Gasteiger partial charge in [0, 0.05) is 5.69 Å². The maximum Gasteiger partial charge on any atom is 0.522 e. The average Bonchev–Trinajstić information content (AvgIpc) is 2.54. The Labute approximate surface area is 150 Å².